The summed E-state index contributed by atoms with van der Waals surface area (Å²) in [5, 5.41) is 7.79. The monoisotopic (exact) mass is 428 g/mol. The summed E-state index contributed by atoms with van der Waals surface area (Å²) >= 11 is 6.19. The first-order valence-electron chi connectivity index (χ1n) is 11.4. The number of aryl methyl sites for hydroxylation is 1. The van der Waals surface area contributed by atoms with E-state index in [1.54, 1.807) is 10.9 Å². The van der Waals surface area contributed by atoms with Crippen molar-refractivity contribution in [3.63, 3.8) is 0 Å². The lowest BCUT2D eigenvalue weighted by Gasteiger charge is -2.43. The van der Waals surface area contributed by atoms with Gasteiger partial charge in [-0.25, -0.2) is 0 Å². The molecule has 1 saturated heterocycles. The third kappa shape index (κ3) is 4.57. The Kier molecular flexibility index (Phi) is 6.79. The van der Waals surface area contributed by atoms with Gasteiger partial charge in [-0.05, 0) is 38.2 Å². The molecular weight excluding hydrogens is 396 g/mol. The van der Waals surface area contributed by atoms with Crippen LogP contribution in [0.2, 0.25) is 5.02 Å². The zero-order valence-electron chi connectivity index (χ0n) is 17.9. The molecular formula is C24H33ClN4O. The van der Waals surface area contributed by atoms with Gasteiger partial charge in [-0.1, -0.05) is 61.2 Å². The minimum atomic E-state index is -0.106. The van der Waals surface area contributed by atoms with E-state index < -0.39 is 0 Å². The number of likely N-dealkylation sites (tertiary alicyclic amines) is 1. The number of hydrogen-bond acceptors (Lipinski definition) is 3. The number of carbonyl (C=O) groups is 1. The average molecular weight is 429 g/mol. The number of nitrogens with one attached hydrogen (secondary N) is 1. The zero-order chi connectivity index (χ0) is 21.0. The van der Waals surface area contributed by atoms with E-state index in [0.29, 0.717) is 17.3 Å². The molecule has 6 heteroatoms. The molecule has 1 aromatic heterocycles. The van der Waals surface area contributed by atoms with E-state index in [1.165, 1.54) is 37.7 Å². The fourth-order valence-corrected chi connectivity index (χ4v) is 5.53. The van der Waals surface area contributed by atoms with Gasteiger partial charge in [0.2, 0.25) is 0 Å². The Hall–Kier alpha value is -1.85. The van der Waals surface area contributed by atoms with Crippen LogP contribution < -0.4 is 5.32 Å². The molecule has 162 valence electrons. The van der Waals surface area contributed by atoms with Crippen LogP contribution in [0.25, 0.3) is 0 Å². The highest BCUT2D eigenvalue weighted by Gasteiger charge is 2.36. The van der Waals surface area contributed by atoms with Crippen molar-refractivity contribution in [3.8, 4) is 0 Å². The van der Waals surface area contributed by atoms with Crippen LogP contribution in [0.4, 0.5) is 0 Å². The molecule has 2 heterocycles. The lowest BCUT2D eigenvalue weighted by Crippen LogP contribution is -2.49. The highest BCUT2D eigenvalue weighted by atomic mass is 35.5. The third-order valence-corrected chi connectivity index (χ3v) is 7.23. The maximum atomic E-state index is 12.7. The van der Waals surface area contributed by atoms with Crippen LogP contribution in [0.1, 0.15) is 67.9 Å². The Bertz CT molecular complexity index is 836. The summed E-state index contributed by atoms with van der Waals surface area (Å²) in [7, 11) is 0. The maximum Gasteiger partial charge on any atom is 0.271 e. The summed E-state index contributed by atoms with van der Waals surface area (Å²) < 4.78 is 1.67. The SMILES string of the molecule is CCn1ncc(Cl)c1C(=O)NC1CCN(CC2(c3ccccc3)CCCCC2)CC1. The largest absolute Gasteiger partial charge is 0.348 e. The molecule has 1 saturated carbocycles. The van der Waals surface area contributed by atoms with Crippen LogP contribution in [-0.4, -0.2) is 46.3 Å². The van der Waals surface area contributed by atoms with E-state index in [-0.39, 0.29) is 17.4 Å². The first kappa shape index (κ1) is 21.4. The number of nitrogens with zero attached hydrogens (tertiary/aromatic N) is 3. The van der Waals surface area contributed by atoms with Gasteiger partial charge < -0.3 is 10.2 Å². The maximum absolute atomic E-state index is 12.7. The average Bonchev–Trinajstić information content (AvgIpc) is 3.17. The topological polar surface area (TPSA) is 50.2 Å². The quantitative estimate of drug-likeness (QED) is 0.728. The number of aromatic nitrogens is 2. The number of amides is 1. The number of hydrogen-bond donors (Lipinski definition) is 1. The molecule has 1 amide bonds. The van der Waals surface area contributed by atoms with Crippen molar-refractivity contribution >= 4 is 17.5 Å². The minimum absolute atomic E-state index is 0.106. The summed E-state index contributed by atoms with van der Waals surface area (Å²) in [5.41, 5.74) is 2.27. The van der Waals surface area contributed by atoms with Gasteiger partial charge >= 0.3 is 0 Å². The predicted molar refractivity (Wildman–Crippen MR) is 121 cm³/mol. The van der Waals surface area contributed by atoms with Crippen molar-refractivity contribution in [3.05, 3.63) is 52.8 Å². The van der Waals surface area contributed by atoms with Gasteiger partial charge in [0.15, 0.2) is 0 Å². The molecule has 0 spiro atoms. The Labute approximate surface area is 184 Å². The Morgan fingerprint density at radius 2 is 1.87 bits per heavy atom. The fraction of sp³-hybridized carbons (Fsp3) is 0.583. The predicted octanol–water partition coefficient (Wildman–Crippen LogP) is 4.65. The Balaban J connectivity index is 1.36. The van der Waals surface area contributed by atoms with Crippen LogP contribution >= 0.6 is 11.6 Å². The lowest BCUT2D eigenvalue weighted by molar-refractivity contribution is 0.0881. The van der Waals surface area contributed by atoms with Crippen LogP contribution in [0.15, 0.2) is 36.5 Å². The first-order chi connectivity index (χ1) is 14.6. The van der Waals surface area contributed by atoms with Crippen molar-refractivity contribution in [2.75, 3.05) is 19.6 Å². The number of rotatable bonds is 6. The first-order valence-corrected chi connectivity index (χ1v) is 11.8. The molecule has 0 unspecified atom stereocenters. The molecule has 2 aromatic rings. The highest BCUT2D eigenvalue weighted by Crippen LogP contribution is 2.40. The molecule has 1 N–H and O–H groups in total. The van der Waals surface area contributed by atoms with Gasteiger partial charge in [-0.15, -0.1) is 0 Å². The Morgan fingerprint density at radius 1 is 1.17 bits per heavy atom. The van der Waals surface area contributed by atoms with E-state index in [0.717, 1.165) is 32.5 Å². The second-order valence-corrected chi connectivity index (χ2v) is 9.29. The highest BCUT2D eigenvalue weighted by molar-refractivity contribution is 6.33. The van der Waals surface area contributed by atoms with Crippen molar-refractivity contribution in [2.45, 2.75) is 69.9 Å². The van der Waals surface area contributed by atoms with E-state index in [1.807, 2.05) is 6.92 Å². The number of piperidine rings is 1. The van der Waals surface area contributed by atoms with Gasteiger partial charge in [0, 0.05) is 37.6 Å². The van der Waals surface area contributed by atoms with Crippen LogP contribution in [0.3, 0.4) is 0 Å². The molecule has 5 nitrogen and oxygen atoms in total. The van der Waals surface area contributed by atoms with Crippen molar-refractivity contribution in [1.29, 1.82) is 0 Å². The van der Waals surface area contributed by atoms with Gasteiger partial charge in [-0.3, -0.25) is 9.48 Å². The van der Waals surface area contributed by atoms with Gasteiger partial charge in [0.1, 0.15) is 5.69 Å². The van der Waals surface area contributed by atoms with Gasteiger partial charge in [0.05, 0.1) is 11.2 Å². The molecule has 30 heavy (non-hydrogen) atoms. The molecule has 4 rings (SSSR count). The van der Waals surface area contributed by atoms with Crippen LogP contribution in [-0.2, 0) is 12.0 Å². The molecule has 1 aromatic carbocycles. The molecule has 1 aliphatic carbocycles. The smallest absolute Gasteiger partial charge is 0.271 e. The summed E-state index contributed by atoms with van der Waals surface area (Å²) in [5.74, 6) is -0.106. The second-order valence-electron chi connectivity index (χ2n) is 8.89. The summed E-state index contributed by atoms with van der Waals surface area (Å²) in [4.78, 5) is 15.4. The Morgan fingerprint density at radius 3 is 2.53 bits per heavy atom. The molecule has 0 radical (unpaired) electrons. The van der Waals surface area contributed by atoms with E-state index in [9.17, 15) is 4.79 Å². The standard InChI is InChI=1S/C24H33ClN4O/c1-2-29-22(21(25)17-26-29)23(30)27-20-11-15-28(16-12-20)18-24(13-7-4-8-14-24)19-9-5-3-6-10-19/h3,5-6,9-10,17,20H,2,4,7-8,11-16,18H2,1H3,(H,27,30). The molecule has 1 aliphatic heterocycles. The zero-order valence-corrected chi connectivity index (χ0v) is 18.7. The summed E-state index contributed by atoms with van der Waals surface area (Å²) in [6.45, 7) is 5.79. The summed E-state index contributed by atoms with van der Waals surface area (Å²) in [6.07, 6.45) is 10.1. The molecule has 0 atom stereocenters. The van der Waals surface area contributed by atoms with Crippen LogP contribution in [0, 0.1) is 0 Å². The normalized spacial score (nSPS) is 20.2. The number of carbonyl (C=O) groups excluding carboxylic acids is 1. The molecule has 2 aliphatic rings. The number of benzene rings is 1. The van der Waals surface area contributed by atoms with Gasteiger partial charge in [0.25, 0.3) is 5.91 Å². The second kappa shape index (κ2) is 9.52. The van der Waals surface area contributed by atoms with E-state index in [4.69, 9.17) is 11.6 Å². The fourth-order valence-electron chi connectivity index (χ4n) is 5.30. The molecule has 0 bridgehead atoms. The van der Waals surface area contributed by atoms with Crippen LogP contribution in [0.5, 0.6) is 0 Å². The van der Waals surface area contributed by atoms with Crippen molar-refractivity contribution in [1.82, 2.24) is 20.0 Å². The van der Waals surface area contributed by atoms with Crippen molar-refractivity contribution in [2.24, 2.45) is 0 Å². The molecule has 2 fully saturated rings. The minimum Gasteiger partial charge on any atom is -0.348 e. The van der Waals surface area contributed by atoms with E-state index in [2.05, 4.69) is 45.6 Å². The van der Waals surface area contributed by atoms with Gasteiger partial charge in [-0.2, -0.15) is 5.10 Å². The number of halogens is 1. The lowest BCUT2D eigenvalue weighted by atomic mass is 9.69. The summed E-state index contributed by atoms with van der Waals surface area (Å²) in [6, 6.07) is 11.3. The third-order valence-electron chi connectivity index (χ3n) is 6.96. The van der Waals surface area contributed by atoms with E-state index >= 15 is 0 Å². The van der Waals surface area contributed by atoms with Crippen molar-refractivity contribution < 1.29 is 4.79 Å².